The van der Waals surface area contributed by atoms with E-state index in [2.05, 4.69) is 25.0 Å². The van der Waals surface area contributed by atoms with E-state index in [1.807, 2.05) is 31.3 Å². The minimum atomic E-state index is 0.582. The van der Waals surface area contributed by atoms with Crippen LogP contribution in [0.3, 0.4) is 0 Å². The number of para-hydroxylation sites is 2. The van der Waals surface area contributed by atoms with Gasteiger partial charge < -0.3 is 4.52 Å². The third kappa shape index (κ3) is 2.80. The number of hydrogen-bond acceptors (Lipinski definition) is 6. The lowest BCUT2D eigenvalue weighted by Crippen LogP contribution is -2.19. The zero-order chi connectivity index (χ0) is 13.9. The Morgan fingerprint density at radius 3 is 2.65 bits per heavy atom. The average molecular weight is 269 g/mol. The van der Waals surface area contributed by atoms with Crippen LogP contribution in [-0.4, -0.2) is 32.1 Å². The molecular formula is C14H15N5O. The summed E-state index contributed by atoms with van der Waals surface area (Å²) in [5.74, 6) is 1.26. The molecule has 2 aromatic heterocycles. The van der Waals surface area contributed by atoms with Crippen LogP contribution in [0.25, 0.3) is 11.0 Å². The van der Waals surface area contributed by atoms with E-state index in [4.69, 9.17) is 4.52 Å². The maximum absolute atomic E-state index is 4.96. The smallest absolute Gasteiger partial charge is 0.223 e. The van der Waals surface area contributed by atoms with Crippen molar-refractivity contribution in [3.8, 4) is 0 Å². The highest BCUT2D eigenvalue weighted by Gasteiger charge is 2.08. The van der Waals surface area contributed by atoms with Gasteiger partial charge in [-0.1, -0.05) is 17.3 Å². The second-order valence-corrected chi connectivity index (χ2v) is 4.75. The molecule has 6 nitrogen and oxygen atoms in total. The fourth-order valence-corrected chi connectivity index (χ4v) is 2.05. The largest absolute Gasteiger partial charge is 0.340 e. The average Bonchev–Trinajstić information content (AvgIpc) is 2.83. The highest BCUT2D eigenvalue weighted by Crippen LogP contribution is 2.10. The normalized spacial score (nSPS) is 11.3. The third-order valence-electron chi connectivity index (χ3n) is 2.91. The minimum absolute atomic E-state index is 0.582. The maximum atomic E-state index is 4.96. The van der Waals surface area contributed by atoms with Gasteiger partial charge >= 0.3 is 0 Å². The number of aromatic nitrogens is 4. The molecule has 20 heavy (non-hydrogen) atoms. The summed E-state index contributed by atoms with van der Waals surface area (Å²) in [6.07, 6.45) is 1.81. The van der Waals surface area contributed by atoms with E-state index < -0.39 is 0 Å². The number of nitrogens with zero attached hydrogens (tertiary/aromatic N) is 5. The molecule has 0 N–H and O–H groups in total. The van der Waals surface area contributed by atoms with Gasteiger partial charge in [-0.25, -0.2) is 4.98 Å². The Kier molecular flexibility index (Phi) is 3.39. The van der Waals surface area contributed by atoms with Crippen molar-refractivity contribution in [1.82, 2.24) is 25.0 Å². The Balaban J connectivity index is 1.72. The second-order valence-electron chi connectivity index (χ2n) is 4.75. The van der Waals surface area contributed by atoms with E-state index in [-0.39, 0.29) is 0 Å². The van der Waals surface area contributed by atoms with Crippen LogP contribution in [0.15, 0.2) is 35.0 Å². The Morgan fingerprint density at radius 1 is 1.10 bits per heavy atom. The molecule has 3 aromatic rings. The van der Waals surface area contributed by atoms with Gasteiger partial charge in [0, 0.05) is 13.5 Å². The predicted octanol–water partition coefficient (Wildman–Crippen LogP) is 1.95. The molecule has 0 saturated carbocycles. The molecule has 1 aromatic carbocycles. The summed E-state index contributed by atoms with van der Waals surface area (Å²) in [6.45, 7) is 3.09. The first-order valence-corrected chi connectivity index (χ1v) is 6.39. The Labute approximate surface area is 116 Å². The van der Waals surface area contributed by atoms with Crippen molar-refractivity contribution >= 4 is 11.0 Å². The summed E-state index contributed by atoms with van der Waals surface area (Å²) in [7, 11) is 1.99. The third-order valence-corrected chi connectivity index (χ3v) is 2.91. The first-order valence-electron chi connectivity index (χ1n) is 6.39. The summed E-state index contributed by atoms with van der Waals surface area (Å²) in [5, 5.41) is 3.88. The van der Waals surface area contributed by atoms with Gasteiger partial charge in [0.15, 0.2) is 5.82 Å². The Bertz CT molecular complexity index is 724. The SMILES string of the molecule is Cc1nc(CN(C)Cc2cnc3ccccc3n2)no1. The number of rotatable bonds is 4. The molecule has 0 unspecified atom stereocenters. The molecule has 0 bridgehead atoms. The lowest BCUT2D eigenvalue weighted by atomic mass is 10.3. The zero-order valence-corrected chi connectivity index (χ0v) is 11.4. The molecule has 0 aliphatic heterocycles. The van der Waals surface area contributed by atoms with Crippen molar-refractivity contribution in [1.29, 1.82) is 0 Å². The maximum Gasteiger partial charge on any atom is 0.223 e. The second kappa shape index (κ2) is 5.34. The summed E-state index contributed by atoms with van der Waals surface area (Å²) < 4.78 is 4.96. The molecular weight excluding hydrogens is 254 g/mol. The molecule has 0 saturated heterocycles. The van der Waals surface area contributed by atoms with E-state index >= 15 is 0 Å². The molecule has 0 radical (unpaired) electrons. The van der Waals surface area contributed by atoms with Gasteiger partial charge in [0.1, 0.15) is 0 Å². The molecule has 6 heteroatoms. The van der Waals surface area contributed by atoms with E-state index in [0.29, 0.717) is 24.8 Å². The van der Waals surface area contributed by atoms with Crippen molar-refractivity contribution in [2.75, 3.05) is 7.05 Å². The molecule has 0 atom stereocenters. The molecule has 3 rings (SSSR count). The molecule has 102 valence electrons. The van der Waals surface area contributed by atoms with E-state index in [1.54, 1.807) is 13.1 Å². The van der Waals surface area contributed by atoms with Crippen molar-refractivity contribution in [2.45, 2.75) is 20.0 Å². The van der Waals surface area contributed by atoms with E-state index in [9.17, 15) is 0 Å². The summed E-state index contributed by atoms with van der Waals surface area (Å²) in [4.78, 5) is 15.3. The van der Waals surface area contributed by atoms with Crippen molar-refractivity contribution in [2.24, 2.45) is 0 Å². The van der Waals surface area contributed by atoms with Gasteiger partial charge in [-0.05, 0) is 19.2 Å². The van der Waals surface area contributed by atoms with Crippen molar-refractivity contribution < 1.29 is 4.52 Å². The number of aryl methyl sites for hydroxylation is 1. The highest BCUT2D eigenvalue weighted by molar-refractivity contribution is 5.73. The van der Waals surface area contributed by atoms with Crippen LogP contribution in [0.2, 0.25) is 0 Å². The van der Waals surface area contributed by atoms with Crippen LogP contribution in [-0.2, 0) is 13.1 Å². The summed E-state index contributed by atoms with van der Waals surface area (Å²) in [5.41, 5.74) is 2.74. The topological polar surface area (TPSA) is 67.9 Å². The highest BCUT2D eigenvalue weighted by atomic mass is 16.5. The minimum Gasteiger partial charge on any atom is -0.340 e. The monoisotopic (exact) mass is 269 g/mol. The first-order chi connectivity index (χ1) is 9.70. The Morgan fingerprint density at radius 2 is 1.90 bits per heavy atom. The quantitative estimate of drug-likeness (QED) is 0.721. The van der Waals surface area contributed by atoms with Gasteiger partial charge in [-0.15, -0.1) is 0 Å². The van der Waals surface area contributed by atoms with Gasteiger partial charge in [0.2, 0.25) is 5.89 Å². The van der Waals surface area contributed by atoms with Gasteiger partial charge in [-0.2, -0.15) is 4.98 Å². The van der Waals surface area contributed by atoms with Crippen LogP contribution in [0.5, 0.6) is 0 Å². The van der Waals surface area contributed by atoms with E-state index in [0.717, 1.165) is 16.7 Å². The Hall–Kier alpha value is -2.34. The zero-order valence-electron chi connectivity index (χ0n) is 11.4. The fourth-order valence-electron chi connectivity index (χ4n) is 2.05. The molecule has 0 amide bonds. The van der Waals surface area contributed by atoms with Crippen LogP contribution < -0.4 is 0 Å². The van der Waals surface area contributed by atoms with E-state index in [1.165, 1.54) is 0 Å². The van der Waals surface area contributed by atoms with Crippen LogP contribution in [0.4, 0.5) is 0 Å². The fraction of sp³-hybridized carbons (Fsp3) is 0.286. The predicted molar refractivity (Wildman–Crippen MR) is 73.7 cm³/mol. The van der Waals surface area contributed by atoms with Gasteiger partial charge in [0.25, 0.3) is 0 Å². The lowest BCUT2D eigenvalue weighted by Gasteiger charge is -2.13. The molecule has 0 fully saturated rings. The molecule has 0 aliphatic carbocycles. The van der Waals surface area contributed by atoms with Gasteiger partial charge in [-0.3, -0.25) is 9.88 Å². The lowest BCUT2D eigenvalue weighted by molar-refractivity contribution is 0.297. The van der Waals surface area contributed by atoms with Gasteiger partial charge in [0.05, 0.1) is 29.5 Å². The van der Waals surface area contributed by atoms with Crippen LogP contribution in [0.1, 0.15) is 17.4 Å². The van der Waals surface area contributed by atoms with Crippen LogP contribution in [0, 0.1) is 6.92 Å². The summed E-state index contributed by atoms with van der Waals surface area (Å²) in [6, 6.07) is 7.85. The van der Waals surface area contributed by atoms with Crippen molar-refractivity contribution in [3.05, 3.63) is 47.9 Å². The number of hydrogen-bond donors (Lipinski definition) is 0. The first kappa shape index (κ1) is 12.7. The molecule has 0 spiro atoms. The number of fused-ring (bicyclic) bond motifs is 1. The van der Waals surface area contributed by atoms with Crippen molar-refractivity contribution in [3.63, 3.8) is 0 Å². The molecule has 0 aliphatic rings. The number of benzene rings is 1. The summed E-state index contributed by atoms with van der Waals surface area (Å²) >= 11 is 0. The van der Waals surface area contributed by atoms with Crippen LogP contribution >= 0.6 is 0 Å². The standard InChI is InChI=1S/C14H15N5O/c1-10-16-14(18-20-10)9-19(2)8-11-7-15-12-5-3-4-6-13(12)17-11/h3-7H,8-9H2,1-2H3. The molecule has 2 heterocycles.